The van der Waals surface area contributed by atoms with Crippen molar-refractivity contribution in [2.45, 2.75) is 31.7 Å². The van der Waals surface area contributed by atoms with Crippen LogP contribution in [0.4, 0.5) is 8.78 Å². The molecule has 0 radical (unpaired) electrons. The molecule has 1 saturated heterocycles. The summed E-state index contributed by atoms with van der Waals surface area (Å²) < 4.78 is 25.7. The molecule has 19 heavy (non-hydrogen) atoms. The number of amides is 1. The minimum Gasteiger partial charge on any atom is -0.356 e. The molecule has 1 heterocycles. The van der Waals surface area contributed by atoms with Crippen LogP contribution in [0.3, 0.4) is 0 Å². The molecule has 1 atom stereocenters. The summed E-state index contributed by atoms with van der Waals surface area (Å²) in [6.45, 7) is 1.66. The molecule has 2 N–H and O–H groups in total. The lowest BCUT2D eigenvalue weighted by molar-refractivity contribution is -0.120. The van der Waals surface area contributed by atoms with Crippen molar-refractivity contribution in [2.75, 3.05) is 13.1 Å². The van der Waals surface area contributed by atoms with E-state index < -0.39 is 11.6 Å². The lowest BCUT2D eigenvalue weighted by Crippen LogP contribution is -2.31. The Morgan fingerprint density at radius 1 is 1.37 bits per heavy atom. The summed E-state index contributed by atoms with van der Waals surface area (Å²) in [4.78, 5) is 11.6. The van der Waals surface area contributed by atoms with Crippen LogP contribution < -0.4 is 10.6 Å². The molecule has 1 aliphatic heterocycles. The zero-order valence-corrected chi connectivity index (χ0v) is 10.7. The fourth-order valence-corrected chi connectivity index (χ4v) is 2.29. The highest BCUT2D eigenvalue weighted by molar-refractivity contribution is 5.78. The van der Waals surface area contributed by atoms with E-state index in [4.69, 9.17) is 0 Å². The average Bonchev–Trinajstić information content (AvgIpc) is 2.87. The molecule has 3 nitrogen and oxygen atoms in total. The number of rotatable bonds is 5. The second kappa shape index (κ2) is 6.61. The van der Waals surface area contributed by atoms with Crippen molar-refractivity contribution in [2.24, 2.45) is 0 Å². The number of halogens is 2. The Morgan fingerprint density at radius 3 is 2.89 bits per heavy atom. The molecule has 1 amide bonds. The lowest BCUT2D eigenvalue weighted by atomic mass is 10.1. The summed E-state index contributed by atoms with van der Waals surface area (Å²) in [5.74, 6) is -1.97. The van der Waals surface area contributed by atoms with E-state index in [9.17, 15) is 13.6 Å². The van der Waals surface area contributed by atoms with E-state index >= 15 is 0 Å². The first-order valence-corrected chi connectivity index (χ1v) is 6.59. The van der Waals surface area contributed by atoms with Crippen LogP contribution in [0.2, 0.25) is 0 Å². The van der Waals surface area contributed by atoms with E-state index in [2.05, 4.69) is 10.6 Å². The molecule has 104 valence electrons. The van der Waals surface area contributed by atoms with E-state index in [-0.39, 0.29) is 12.3 Å². The molecular formula is C14H18F2N2O. The Bertz CT molecular complexity index is 445. The van der Waals surface area contributed by atoms with Crippen molar-refractivity contribution in [1.29, 1.82) is 0 Å². The van der Waals surface area contributed by atoms with Gasteiger partial charge in [0.05, 0.1) is 6.42 Å². The fraction of sp³-hybridized carbons (Fsp3) is 0.500. The van der Waals surface area contributed by atoms with Gasteiger partial charge in [-0.3, -0.25) is 4.79 Å². The van der Waals surface area contributed by atoms with E-state index in [1.54, 1.807) is 0 Å². The molecule has 1 aromatic carbocycles. The third-order valence-electron chi connectivity index (χ3n) is 3.33. The summed E-state index contributed by atoms with van der Waals surface area (Å²) in [5.41, 5.74) is 0.482. The van der Waals surface area contributed by atoms with E-state index in [0.717, 1.165) is 31.5 Å². The maximum Gasteiger partial charge on any atom is 0.224 e. The number of carbonyl (C=O) groups excluding carboxylic acids is 1. The average molecular weight is 268 g/mol. The number of nitrogens with one attached hydrogen (secondary N) is 2. The molecule has 0 aromatic heterocycles. The first-order chi connectivity index (χ1) is 9.15. The molecule has 0 bridgehead atoms. The fourth-order valence-electron chi connectivity index (χ4n) is 2.29. The Morgan fingerprint density at radius 2 is 2.21 bits per heavy atom. The quantitative estimate of drug-likeness (QED) is 0.854. The SMILES string of the molecule is O=C(Cc1ccc(F)c(F)c1)NCC[C@H]1CCCN1. The van der Waals surface area contributed by atoms with Crippen molar-refractivity contribution >= 4 is 5.91 Å². The summed E-state index contributed by atoms with van der Waals surface area (Å²) in [5, 5.41) is 6.15. The van der Waals surface area contributed by atoms with Crippen LogP contribution in [-0.2, 0) is 11.2 Å². The van der Waals surface area contributed by atoms with Crippen LogP contribution in [0.5, 0.6) is 0 Å². The van der Waals surface area contributed by atoms with Crippen molar-refractivity contribution in [3.63, 3.8) is 0 Å². The molecule has 0 saturated carbocycles. The Balaban J connectivity index is 1.72. The van der Waals surface area contributed by atoms with E-state index in [0.29, 0.717) is 18.2 Å². The maximum absolute atomic E-state index is 13.0. The molecule has 1 aromatic rings. The minimum absolute atomic E-state index is 0.0787. The van der Waals surface area contributed by atoms with Crippen molar-refractivity contribution in [1.82, 2.24) is 10.6 Å². The van der Waals surface area contributed by atoms with Gasteiger partial charge in [0.15, 0.2) is 11.6 Å². The van der Waals surface area contributed by atoms with Gasteiger partial charge in [-0.25, -0.2) is 8.78 Å². The normalized spacial score (nSPS) is 18.5. The second-order valence-electron chi connectivity index (χ2n) is 4.86. The van der Waals surface area contributed by atoms with Crippen LogP contribution in [-0.4, -0.2) is 25.0 Å². The standard InChI is InChI=1S/C14H18F2N2O/c15-12-4-3-10(8-13(12)16)9-14(19)18-7-5-11-2-1-6-17-11/h3-4,8,11,17H,1-2,5-7,9H2,(H,18,19)/t11-/m1/s1. The molecule has 1 aliphatic rings. The summed E-state index contributed by atoms with van der Waals surface area (Å²) >= 11 is 0. The van der Waals surface area contributed by atoms with Gasteiger partial charge in [0.2, 0.25) is 5.91 Å². The van der Waals surface area contributed by atoms with Crippen LogP contribution in [0.15, 0.2) is 18.2 Å². The van der Waals surface area contributed by atoms with Gasteiger partial charge in [0.25, 0.3) is 0 Å². The molecule has 1 fully saturated rings. The van der Waals surface area contributed by atoms with Gasteiger partial charge in [0, 0.05) is 12.6 Å². The monoisotopic (exact) mass is 268 g/mol. The van der Waals surface area contributed by atoms with Gasteiger partial charge in [-0.15, -0.1) is 0 Å². The predicted molar refractivity (Wildman–Crippen MR) is 68.7 cm³/mol. The Kier molecular flexibility index (Phi) is 4.85. The van der Waals surface area contributed by atoms with Crippen LogP contribution in [0, 0.1) is 11.6 Å². The topological polar surface area (TPSA) is 41.1 Å². The largest absolute Gasteiger partial charge is 0.356 e. The highest BCUT2D eigenvalue weighted by Crippen LogP contribution is 2.10. The van der Waals surface area contributed by atoms with Crippen LogP contribution in [0.25, 0.3) is 0 Å². The minimum atomic E-state index is -0.916. The molecular weight excluding hydrogens is 250 g/mol. The van der Waals surface area contributed by atoms with Crippen LogP contribution >= 0.6 is 0 Å². The highest BCUT2D eigenvalue weighted by atomic mass is 19.2. The summed E-state index contributed by atoms with van der Waals surface area (Å²) in [6, 6.07) is 4.02. The maximum atomic E-state index is 13.0. The summed E-state index contributed by atoms with van der Waals surface area (Å²) in [6.07, 6.45) is 3.32. The van der Waals surface area contributed by atoms with E-state index in [1.165, 1.54) is 12.5 Å². The van der Waals surface area contributed by atoms with Crippen molar-refractivity contribution < 1.29 is 13.6 Å². The van der Waals surface area contributed by atoms with Crippen molar-refractivity contribution in [3.05, 3.63) is 35.4 Å². The Labute approximate surface area is 111 Å². The van der Waals surface area contributed by atoms with Gasteiger partial charge in [0.1, 0.15) is 0 Å². The third-order valence-corrected chi connectivity index (χ3v) is 3.33. The molecule has 2 rings (SSSR count). The predicted octanol–water partition coefficient (Wildman–Crippen LogP) is 1.77. The zero-order valence-electron chi connectivity index (χ0n) is 10.7. The number of hydrogen-bond acceptors (Lipinski definition) is 2. The van der Waals surface area contributed by atoms with Crippen LogP contribution in [0.1, 0.15) is 24.8 Å². The second-order valence-corrected chi connectivity index (χ2v) is 4.86. The molecule has 0 spiro atoms. The molecule has 0 aliphatic carbocycles. The number of carbonyl (C=O) groups is 1. The lowest BCUT2D eigenvalue weighted by Gasteiger charge is -2.10. The van der Waals surface area contributed by atoms with Gasteiger partial charge >= 0.3 is 0 Å². The highest BCUT2D eigenvalue weighted by Gasteiger charge is 2.13. The first-order valence-electron chi connectivity index (χ1n) is 6.59. The van der Waals surface area contributed by atoms with Gasteiger partial charge in [-0.2, -0.15) is 0 Å². The van der Waals surface area contributed by atoms with Gasteiger partial charge in [-0.1, -0.05) is 6.07 Å². The van der Waals surface area contributed by atoms with Gasteiger partial charge < -0.3 is 10.6 Å². The molecule has 5 heteroatoms. The Hall–Kier alpha value is -1.49. The third kappa shape index (κ3) is 4.28. The zero-order chi connectivity index (χ0) is 13.7. The summed E-state index contributed by atoms with van der Waals surface area (Å²) in [7, 11) is 0. The smallest absolute Gasteiger partial charge is 0.224 e. The van der Waals surface area contributed by atoms with Crippen molar-refractivity contribution in [3.8, 4) is 0 Å². The first kappa shape index (κ1) is 13.9. The number of benzene rings is 1. The van der Waals surface area contributed by atoms with Gasteiger partial charge in [-0.05, 0) is 43.5 Å². The molecule has 0 unspecified atom stereocenters. The van der Waals surface area contributed by atoms with E-state index in [1.807, 2.05) is 0 Å². The number of hydrogen-bond donors (Lipinski definition) is 2.